The van der Waals surface area contributed by atoms with Crippen molar-refractivity contribution in [3.8, 4) is 0 Å². The molecule has 0 aromatic heterocycles. The number of amides is 4. The summed E-state index contributed by atoms with van der Waals surface area (Å²) in [6, 6.07) is -4.18. The Kier molecular flexibility index (Phi) is 11.8. The lowest BCUT2D eigenvalue weighted by Crippen LogP contribution is -2.57. The van der Waals surface area contributed by atoms with Crippen molar-refractivity contribution >= 4 is 29.6 Å². The van der Waals surface area contributed by atoms with E-state index in [9.17, 15) is 29.1 Å². The Morgan fingerprint density at radius 2 is 1.70 bits per heavy atom. The molecule has 0 bridgehead atoms. The third-order valence-corrected chi connectivity index (χ3v) is 5.48. The minimum atomic E-state index is -1.31. The lowest BCUT2D eigenvalue weighted by Gasteiger charge is -2.29. The highest BCUT2D eigenvalue weighted by molar-refractivity contribution is 5.96. The first-order valence-corrected chi connectivity index (χ1v) is 11.4. The van der Waals surface area contributed by atoms with Crippen LogP contribution in [0.4, 0.5) is 0 Å². The molecule has 4 amide bonds. The van der Waals surface area contributed by atoms with Gasteiger partial charge in [-0.3, -0.25) is 19.2 Å². The van der Waals surface area contributed by atoms with E-state index in [0.29, 0.717) is 38.6 Å². The van der Waals surface area contributed by atoms with Gasteiger partial charge in [0.05, 0.1) is 12.5 Å². The number of carbonyl (C=O) groups is 5. The zero-order valence-corrected chi connectivity index (χ0v) is 19.4. The third-order valence-electron chi connectivity index (χ3n) is 5.48. The largest absolute Gasteiger partial charge is 0.480 e. The van der Waals surface area contributed by atoms with Gasteiger partial charge in [0.2, 0.25) is 23.6 Å². The van der Waals surface area contributed by atoms with Crippen LogP contribution >= 0.6 is 0 Å². The van der Waals surface area contributed by atoms with Crippen molar-refractivity contribution in [3.63, 3.8) is 0 Å². The number of nitrogens with two attached hydrogens (primary N) is 3. The lowest BCUT2D eigenvalue weighted by molar-refractivity contribution is -0.149. The number of aliphatic carboxylic acids is 1. The van der Waals surface area contributed by atoms with Crippen LogP contribution in [0.15, 0.2) is 0 Å². The molecule has 0 spiro atoms. The fraction of sp³-hybridized carbons (Fsp3) is 0.762. The number of carboxylic acid groups (broad SMARTS) is 1. The fourth-order valence-electron chi connectivity index (χ4n) is 3.81. The lowest BCUT2D eigenvalue weighted by atomic mass is 10.0. The summed E-state index contributed by atoms with van der Waals surface area (Å²) >= 11 is 0. The first kappa shape index (κ1) is 28.3. The summed E-state index contributed by atoms with van der Waals surface area (Å²) in [5.41, 5.74) is 16.6. The number of carbonyl (C=O) groups excluding carboxylic acids is 4. The Hall–Kier alpha value is -2.73. The molecule has 188 valence electrons. The van der Waals surface area contributed by atoms with E-state index in [1.54, 1.807) is 0 Å². The van der Waals surface area contributed by atoms with Crippen molar-refractivity contribution in [3.05, 3.63) is 0 Å². The fourth-order valence-corrected chi connectivity index (χ4v) is 3.81. The Balaban J connectivity index is 2.99. The van der Waals surface area contributed by atoms with E-state index < -0.39 is 60.2 Å². The highest BCUT2D eigenvalue weighted by Crippen LogP contribution is 2.20. The van der Waals surface area contributed by atoms with E-state index >= 15 is 0 Å². The molecular formula is C21H38N6O6. The van der Waals surface area contributed by atoms with Crippen molar-refractivity contribution < 1.29 is 29.1 Å². The van der Waals surface area contributed by atoms with E-state index in [1.165, 1.54) is 4.90 Å². The molecule has 0 aromatic rings. The van der Waals surface area contributed by atoms with Gasteiger partial charge in [-0.15, -0.1) is 0 Å². The first-order chi connectivity index (χ1) is 15.5. The number of carboxylic acids is 1. The van der Waals surface area contributed by atoms with E-state index in [1.807, 2.05) is 13.8 Å². The van der Waals surface area contributed by atoms with Gasteiger partial charge in [0.1, 0.15) is 18.1 Å². The van der Waals surface area contributed by atoms with E-state index in [4.69, 9.17) is 17.2 Å². The van der Waals surface area contributed by atoms with Crippen molar-refractivity contribution in [1.82, 2.24) is 15.5 Å². The standard InChI is InChI=1S/C21H38N6O6/c1-12(2)10-13(23)18(29)26-15(11-17(24)28)19(30)25-14(6-3-4-8-22)20(31)27-9-5-7-16(27)21(32)33/h12-16H,3-11,22-23H2,1-2H3,(H2,24,28)(H,25,30)(H,26,29)(H,32,33). The molecule has 4 unspecified atom stereocenters. The molecule has 1 rings (SSSR count). The topological polar surface area (TPSA) is 211 Å². The number of nitrogens with one attached hydrogen (secondary N) is 2. The van der Waals surface area contributed by atoms with Crippen LogP contribution in [0.25, 0.3) is 0 Å². The Morgan fingerprint density at radius 1 is 1.06 bits per heavy atom. The second-order valence-electron chi connectivity index (χ2n) is 8.84. The number of hydrogen-bond acceptors (Lipinski definition) is 7. The van der Waals surface area contributed by atoms with Gasteiger partial charge in [-0.1, -0.05) is 13.8 Å². The zero-order valence-electron chi connectivity index (χ0n) is 19.4. The molecule has 12 heteroatoms. The smallest absolute Gasteiger partial charge is 0.326 e. The summed E-state index contributed by atoms with van der Waals surface area (Å²) in [6.45, 7) is 4.44. The van der Waals surface area contributed by atoms with Crippen molar-refractivity contribution in [2.24, 2.45) is 23.1 Å². The minimum Gasteiger partial charge on any atom is -0.480 e. The summed E-state index contributed by atoms with van der Waals surface area (Å²) < 4.78 is 0. The monoisotopic (exact) mass is 470 g/mol. The Bertz CT molecular complexity index is 715. The van der Waals surface area contributed by atoms with Gasteiger partial charge in [-0.05, 0) is 51.0 Å². The maximum atomic E-state index is 13.1. The van der Waals surface area contributed by atoms with Gasteiger partial charge in [0, 0.05) is 6.54 Å². The van der Waals surface area contributed by atoms with Gasteiger partial charge < -0.3 is 37.8 Å². The van der Waals surface area contributed by atoms with E-state index in [-0.39, 0.29) is 18.9 Å². The van der Waals surface area contributed by atoms with E-state index in [2.05, 4.69) is 10.6 Å². The molecule has 1 heterocycles. The second-order valence-corrected chi connectivity index (χ2v) is 8.84. The number of primary amides is 1. The number of rotatable bonds is 14. The van der Waals surface area contributed by atoms with Gasteiger partial charge in [-0.2, -0.15) is 0 Å². The predicted octanol–water partition coefficient (Wildman–Crippen LogP) is -1.59. The summed E-state index contributed by atoms with van der Waals surface area (Å²) in [4.78, 5) is 62.7. The molecule has 0 aliphatic carbocycles. The molecule has 0 saturated carbocycles. The van der Waals surface area contributed by atoms with Crippen LogP contribution in [0.3, 0.4) is 0 Å². The molecular weight excluding hydrogens is 432 g/mol. The quantitative estimate of drug-likeness (QED) is 0.162. The molecule has 1 saturated heterocycles. The van der Waals surface area contributed by atoms with Gasteiger partial charge >= 0.3 is 5.97 Å². The molecule has 33 heavy (non-hydrogen) atoms. The van der Waals surface area contributed by atoms with Crippen LogP contribution < -0.4 is 27.8 Å². The molecule has 12 nitrogen and oxygen atoms in total. The molecule has 0 radical (unpaired) electrons. The molecule has 9 N–H and O–H groups in total. The SMILES string of the molecule is CC(C)CC(N)C(=O)NC(CC(N)=O)C(=O)NC(CCCCN)C(=O)N1CCCC1C(=O)O. The molecule has 1 fully saturated rings. The minimum absolute atomic E-state index is 0.140. The molecule has 1 aliphatic heterocycles. The number of unbranched alkanes of at least 4 members (excludes halogenated alkanes) is 1. The van der Waals surface area contributed by atoms with Crippen LogP contribution in [-0.2, 0) is 24.0 Å². The van der Waals surface area contributed by atoms with Crippen LogP contribution in [0.5, 0.6) is 0 Å². The first-order valence-electron chi connectivity index (χ1n) is 11.4. The second kappa shape index (κ2) is 13.7. The number of hydrogen-bond donors (Lipinski definition) is 6. The van der Waals surface area contributed by atoms with E-state index in [0.717, 1.165) is 0 Å². The zero-order chi connectivity index (χ0) is 25.1. The summed E-state index contributed by atoms with van der Waals surface area (Å²) in [7, 11) is 0. The summed E-state index contributed by atoms with van der Waals surface area (Å²) in [6.07, 6.45) is 2.13. The predicted molar refractivity (Wildman–Crippen MR) is 120 cm³/mol. The van der Waals surface area contributed by atoms with Crippen molar-refractivity contribution in [2.75, 3.05) is 13.1 Å². The third kappa shape index (κ3) is 9.34. The molecule has 0 aromatic carbocycles. The highest BCUT2D eigenvalue weighted by atomic mass is 16.4. The van der Waals surface area contributed by atoms with Crippen LogP contribution in [0.1, 0.15) is 58.8 Å². The summed E-state index contributed by atoms with van der Waals surface area (Å²) in [5.74, 6) is -3.68. The average molecular weight is 471 g/mol. The Morgan fingerprint density at radius 3 is 2.24 bits per heavy atom. The van der Waals surface area contributed by atoms with Crippen LogP contribution in [0.2, 0.25) is 0 Å². The van der Waals surface area contributed by atoms with Crippen LogP contribution in [-0.4, -0.2) is 76.9 Å². The number of likely N-dealkylation sites (tertiary alicyclic amines) is 1. The van der Waals surface area contributed by atoms with Gasteiger partial charge in [0.25, 0.3) is 0 Å². The van der Waals surface area contributed by atoms with Gasteiger partial charge in [0.15, 0.2) is 0 Å². The molecule has 1 aliphatic rings. The van der Waals surface area contributed by atoms with Gasteiger partial charge in [-0.25, -0.2) is 4.79 Å². The highest BCUT2D eigenvalue weighted by Gasteiger charge is 2.38. The van der Waals surface area contributed by atoms with Crippen molar-refractivity contribution in [2.45, 2.75) is 83.0 Å². The Labute approximate surface area is 194 Å². The maximum Gasteiger partial charge on any atom is 0.326 e. The van der Waals surface area contributed by atoms with Crippen molar-refractivity contribution in [1.29, 1.82) is 0 Å². The summed E-state index contributed by atoms with van der Waals surface area (Å²) in [5, 5.41) is 14.4. The number of nitrogens with zero attached hydrogens (tertiary/aromatic N) is 1. The normalized spacial score (nSPS) is 18.5. The molecule has 4 atom stereocenters. The van der Waals surface area contributed by atoms with Crippen LogP contribution in [0, 0.1) is 5.92 Å². The average Bonchev–Trinajstić information content (AvgIpc) is 3.21. The maximum absolute atomic E-state index is 13.1.